The Bertz CT molecular complexity index is 741. The maximum absolute atomic E-state index is 12.2. The number of para-hydroxylation sites is 3. The van der Waals surface area contributed by atoms with Gasteiger partial charge in [-0.3, -0.25) is 4.79 Å². The Morgan fingerprint density at radius 2 is 1.81 bits per heavy atom. The first-order valence-corrected chi connectivity index (χ1v) is 9.32. The number of carbonyl (C=O) groups excluding carboxylic acids is 1. The van der Waals surface area contributed by atoms with Gasteiger partial charge in [0.15, 0.2) is 5.75 Å². The molecule has 1 aliphatic carbocycles. The molecule has 0 heterocycles. The summed E-state index contributed by atoms with van der Waals surface area (Å²) in [6.07, 6.45) is 8.39. The molecule has 0 spiro atoms. The van der Waals surface area contributed by atoms with Crippen LogP contribution < -0.4 is 15.4 Å². The minimum absolute atomic E-state index is 0.0632. The van der Waals surface area contributed by atoms with E-state index in [1.165, 1.54) is 31.3 Å². The summed E-state index contributed by atoms with van der Waals surface area (Å²) in [7, 11) is 0. The van der Waals surface area contributed by atoms with Crippen molar-refractivity contribution in [2.45, 2.75) is 32.1 Å². The minimum Gasteiger partial charge on any atom is -0.455 e. The highest BCUT2D eigenvalue weighted by molar-refractivity contribution is 5.93. The third-order valence-corrected chi connectivity index (χ3v) is 4.43. The number of hydrogen-bond donors (Lipinski definition) is 2. The highest BCUT2D eigenvalue weighted by Gasteiger charge is 2.09. The van der Waals surface area contributed by atoms with Gasteiger partial charge in [-0.2, -0.15) is 0 Å². The lowest BCUT2D eigenvalue weighted by atomic mass is 9.97. The molecule has 2 aromatic carbocycles. The van der Waals surface area contributed by atoms with Gasteiger partial charge in [0.25, 0.3) is 0 Å². The second kappa shape index (κ2) is 9.78. The van der Waals surface area contributed by atoms with E-state index >= 15 is 0 Å². The van der Waals surface area contributed by atoms with E-state index in [9.17, 15) is 4.79 Å². The molecule has 0 saturated carbocycles. The molecule has 4 nitrogen and oxygen atoms in total. The van der Waals surface area contributed by atoms with Crippen LogP contribution in [0, 0.1) is 0 Å². The number of benzene rings is 2. The lowest BCUT2D eigenvalue weighted by Gasteiger charge is -2.14. The molecule has 3 rings (SSSR count). The molecule has 4 heteroatoms. The molecule has 26 heavy (non-hydrogen) atoms. The van der Waals surface area contributed by atoms with Gasteiger partial charge in [-0.05, 0) is 62.9 Å². The number of rotatable bonds is 8. The van der Waals surface area contributed by atoms with Crippen molar-refractivity contribution < 1.29 is 9.53 Å². The van der Waals surface area contributed by atoms with Crippen molar-refractivity contribution in [3.05, 3.63) is 66.2 Å². The summed E-state index contributed by atoms with van der Waals surface area (Å²) in [5.74, 6) is 1.32. The van der Waals surface area contributed by atoms with Crippen LogP contribution in [0.15, 0.2) is 66.2 Å². The molecule has 0 radical (unpaired) electrons. The van der Waals surface area contributed by atoms with Gasteiger partial charge in [-0.25, -0.2) is 0 Å². The first-order chi connectivity index (χ1) is 12.8. The first kappa shape index (κ1) is 18.2. The second-order valence-electron chi connectivity index (χ2n) is 6.49. The van der Waals surface area contributed by atoms with Gasteiger partial charge in [-0.1, -0.05) is 42.0 Å². The Morgan fingerprint density at radius 3 is 2.62 bits per heavy atom. The van der Waals surface area contributed by atoms with Crippen molar-refractivity contribution >= 4 is 11.6 Å². The largest absolute Gasteiger partial charge is 0.455 e. The van der Waals surface area contributed by atoms with Crippen molar-refractivity contribution in [2.75, 3.05) is 18.4 Å². The maximum atomic E-state index is 12.2. The van der Waals surface area contributed by atoms with Crippen molar-refractivity contribution in [1.29, 1.82) is 0 Å². The molecule has 2 aromatic rings. The highest BCUT2D eigenvalue weighted by Crippen LogP contribution is 2.28. The number of ether oxygens (including phenoxy) is 1. The first-order valence-electron chi connectivity index (χ1n) is 9.32. The van der Waals surface area contributed by atoms with Crippen molar-refractivity contribution in [3.63, 3.8) is 0 Å². The van der Waals surface area contributed by atoms with E-state index in [0.29, 0.717) is 18.0 Å². The number of allylic oxidation sites excluding steroid dienone is 1. The van der Waals surface area contributed by atoms with E-state index in [2.05, 4.69) is 16.7 Å². The Kier molecular flexibility index (Phi) is 6.85. The molecule has 0 aliphatic heterocycles. The second-order valence-corrected chi connectivity index (χ2v) is 6.49. The summed E-state index contributed by atoms with van der Waals surface area (Å²) >= 11 is 0. The van der Waals surface area contributed by atoms with Crippen LogP contribution >= 0.6 is 0 Å². The topological polar surface area (TPSA) is 50.4 Å². The zero-order valence-electron chi connectivity index (χ0n) is 15.0. The Hall–Kier alpha value is -2.59. The molecular weight excluding hydrogens is 324 g/mol. The lowest BCUT2D eigenvalue weighted by Crippen LogP contribution is -2.29. The number of nitrogens with one attached hydrogen (secondary N) is 2. The van der Waals surface area contributed by atoms with Crippen molar-refractivity contribution in [2.24, 2.45) is 0 Å². The average Bonchev–Trinajstić information content (AvgIpc) is 2.68. The third-order valence-electron chi connectivity index (χ3n) is 4.43. The van der Waals surface area contributed by atoms with Gasteiger partial charge < -0.3 is 15.4 Å². The molecule has 1 amide bonds. The van der Waals surface area contributed by atoms with E-state index < -0.39 is 0 Å². The fourth-order valence-electron chi connectivity index (χ4n) is 3.05. The fourth-order valence-corrected chi connectivity index (χ4v) is 3.05. The standard InChI is InChI=1S/C22H26N2O2/c25-22(17-23-16-15-18-9-3-1-4-10-18)24-20-13-7-8-14-21(20)26-19-11-5-2-6-12-19/h2,5-9,11-14,23H,1,3-4,10,15-17H2,(H,24,25). The average molecular weight is 350 g/mol. The van der Waals surface area contributed by atoms with Crippen LogP contribution in [0.3, 0.4) is 0 Å². The van der Waals surface area contributed by atoms with E-state index in [0.717, 1.165) is 18.7 Å². The molecule has 0 atom stereocenters. The monoisotopic (exact) mass is 350 g/mol. The zero-order chi connectivity index (χ0) is 18.0. The van der Waals surface area contributed by atoms with E-state index in [1.807, 2.05) is 54.6 Å². The van der Waals surface area contributed by atoms with Crippen LogP contribution in [0.2, 0.25) is 0 Å². The molecule has 0 saturated heterocycles. The zero-order valence-corrected chi connectivity index (χ0v) is 15.0. The van der Waals surface area contributed by atoms with Crippen molar-refractivity contribution in [1.82, 2.24) is 5.32 Å². The lowest BCUT2D eigenvalue weighted by molar-refractivity contribution is -0.115. The van der Waals surface area contributed by atoms with Crippen molar-refractivity contribution in [3.8, 4) is 11.5 Å². The van der Waals surface area contributed by atoms with Crippen LogP contribution in [0.5, 0.6) is 11.5 Å². The van der Waals surface area contributed by atoms with E-state index in [-0.39, 0.29) is 5.91 Å². The smallest absolute Gasteiger partial charge is 0.238 e. The van der Waals surface area contributed by atoms with Crippen LogP contribution in [-0.4, -0.2) is 19.0 Å². The Labute approximate surface area is 155 Å². The van der Waals surface area contributed by atoms with Gasteiger partial charge in [-0.15, -0.1) is 0 Å². The third kappa shape index (κ3) is 5.74. The summed E-state index contributed by atoms with van der Waals surface area (Å²) in [5.41, 5.74) is 2.20. The predicted octanol–water partition coefficient (Wildman–Crippen LogP) is 4.90. The minimum atomic E-state index is -0.0632. The summed E-state index contributed by atoms with van der Waals surface area (Å²) in [4.78, 5) is 12.2. The molecule has 0 unspecified atom stereocenters. The van der Waals surface area contributed by atoms with E-state index in [4.69, 9.17) is 4.74 Å². The summed E-state index contributed by atoms with van der Waals surface area (Å²) < 4.78 is 5.87. The van der Waals surface area contributed by atoms with Crippen LogP contribution in [0.4, 0.5) is 5.69 Å². The van der Waals surface area contributed by atoms with Gasteiger partial charge in [0, 0.05) is 0 Å². The van der Waals surface area contributed by atoms with Gasteiger partial charge in [0.1, 0.15) is 5.75 Å². The Morgan fingerprint density at radius 1 is 1.00 bits per heavy atom. The SMILES string of the molecule is O=C(CNCCC1=CCCCC1)Nc1ccccc1Oc1ccccc1. The number of anilines is 1. The molecular formula is C22H26N2O2. The maximum Gasteiger partial charge on any atom is 0.238 e. The summed E-state index contributed by atoms with van der Waals surface area (Å²) in [6.45, 7) is 1.13. The fraction of sp³-hybridized carbons (Fsp3) is 0.318. The molecule has 1 aliphatic rings. The molecule has 0 aromatic heterocycles. The molecule has 136 valence electrons. The van der Waals surface area contributed by atoms with Crippen LogP contribution in [-0.2, 0) is 4.79 Å². The van der Waals surface area contributed by atoms with E-state index in [1.54, 1.807) is 0 Å². The van der Waals surface area contributed by atoms with Crippen LogP contribution in [0.1, 0.15) is 32.1 Å². The Balaban J connectivity index is 1.47. The molecule has 0 bridgehead atoms. The number of amides is 1. The van der Waals surface area contributed by atoms with Gasteiger partial charge in [0.05, 0.1) is 12.2 Å². The summed E-state index contributed by atoms with van der Waals surface area (Å²) in [5, 5.41) is 6.16. The molecule has 0 fully saturated rings. The quantitative estimate of drug-likeness (QED) is 0.526. The molecule has 2 N–H and O–H groups in total. The number of hydrogen-bond acceptors (Lipinski definition) is 3. The van der Waals surface area contributed by atoms with Gasteiger partial charge >= 0.3 is 0 Å². The highest BCUT2D eigenvalue weighted by atomic mass is 16.5. The predicted molar refractivity (Wildman–Crippen MR) is 106 cm³/mol. The number of carbonyl (C=O) groups is 1. The summed E-state index contributed by atoms with van der Waals surface area (Å²) in [6, 6.07) is 17.0. The normalized spacial score (nSPS) is 13.8. The van der Waals surface area contributed by atoms with Gasteiger partial charge in [0.2, 0.25) is 5.91 Å². The van der Waals surface area contributed by atoms with Crippen LogP contribution in [0.25, 0.3) is 0 Å².